The first-order valence-electron chi connectivity index (χ1n) is 6.66. The molecule has 1 atom stereocenters. The highest BCUT2D eigenvalue weighted by molar-refractivity contribution is 8.01. The van der Waals surface area contributed by atoms with Crippen LogP contribution in [0, 0.1) is 0 Å². The maximum atomic E-state index is 12.2. The Bertz CT molecular complexity index is 328. The lowest BCUT2D eigenvalue weighted by atomic mass is 10.2. The number of carbonyl (C=O) groups excluding carboxylic acids is 2. The summed E-state index contributed by atoms with van der Waals surface area (Å²) in [5.74, 6) is 0.0997. The van der Waals surface area contributed by atoms with E-state index in [4.69, 9.17) is 4.74 Å². The van der Waals surface area contributed by atoms with Gasteiger partial charge in [-0.25, -0.2) is 4.79 Å². The number of hydrogen-bond acceptors (Lipinski definition) is 5. The first kappa shape index (κ1) is 16.3. The number of thioether (sulfide) groups is 1. The van der Waals surface area contributed by atoms with Crippen LogP contribution in [0.1, 0.15) is 27.7 Å². The van der Waals surface area contributed by atoms with E-state index in [0.717, 1.165) is 6.54 Å². The molecule has 1 aliphatic rings. The van der Waals surface area contributed by atoms with Crippen LogP contribution in [0.4, 0.5) is 0 Å². The summed E-state index contributed by atoms with van der Waals surface area (Å²) in [6.45, 7) is 10.1. The number of nitrogens with one attached hydrogen (secondary N) is 1. The lowest BCUT2D eigenvalue weighted by molar-refractivity contribution is -0.155. The van der Waals surface area contributed by atoms with Gasteiger partial charge in [-0.05, 0) is 6.92 Å². The molecule has 6 heteroatoms. The molecule has 19 heavy (non-hydrogen) atoms. The van der Waals surface area contributed by atoms with Gasteiger partial charge in [-0.3, -0.25) is 4.79 Å². The molecule has 0 aliphatic carbocycles. The van der Waals surface area contributed by atoms with Gasteiger partial charge in [0.05, 0.1) is 12.4 Å². The van der Waals surface area contributed by atoms with Crippen molar-refractivity contribution in [1.82, 2.24) is 10.2 Å². The van der Waals surface area contributed by atoms with Crippen LogP contribution < -0.4 is 5.32 Å². The standard InChI is InChI=1S/C13H24N2O3S/c1-5-18-12(17)10-8-14-6-7-15(10)11(16)9-19-13(2,3)4/h10,14H,5-9H2,1-4H3. The van der Waals surface area contributed by atoms with Gasteiger partial charge in [-0.15, -0.1) is 11.8 Å². The number of ether oxygens (including phenoxy) is 1. The summed E-state index contributed by atoms with van der Waals surface area (Å²) < 4.78 is 5.07. The summed E-state index contributed by atoms with van der Waals surface area (Å²) in [4.78, 5) is 25.7. The third kappa shape index (κ3) is 5.40. The molecule has 5 nitrogen and oxygen atoms in total. The molecule has 1 fully saturated rings. The quantitative estimate of drug-likeness (QED) is 0.778. The van der Waals surface area contributed by atoms with E-state index in [0.29, 0.717) is 25.4 Å². The smallest absolute Gasteiger partial charge is 0.330 e. The molecule has 1 amide bonds. The molecular weight excluding hydrogens is 264 g/mol. The van der Waals surface area contributed by atoms with Gasteiger partial charge in [0.1, 0.15) is 6.04 Å². The molecule has 1 saturated heterocycles. The molecule has 0 aromatic rings. The predicted molar refractivity (Wildman–Crippen MR) is 77.2 cm³/mol. The molecule has 110 valence electrons. The fourth-order valence-corrected chi connectivity index (χ4v) is 2.54. The second-order valence-corrected chi connectivity index (χ2v) is 7.26. The fraction of sp³-hybridized carbons (Fsp3) is 0.846. The molecule has 1 heterocycles. The second-order valence-electron chi connectivity index (χ2n) is 5.46. The molecule has 1 aliphatic heterocycles. The van der Waals surface area contributed by atoms with Crippen molar-refractivity contribution in [3.05, 3.63) is 0 Å². The van der Waals surface area contributed by atoms with Crippen molar-refractivity contribution in [1.29, 1.82) is 0 Å². The topological polar surface area (TPSA) is 58.6 Å². The molecule has 0 saturated carbocycles. The van der Waals surface area contributed by atoms with Crippen LogP contribution in [0.15, 0.2) is 0 Å². The van der Waals surface area contributed by atoms with E-state index in [1.165, 1.54) is 0 Å². The van der Waals surface area contributed by atoms with Crippen LogP contribution in [0.25, 0.3) is 0 Å². The Labute approximate surface area is 119 Å². The number of carbonyl (C=O) groups is 2. The van der Waals surface area contributed by atoms with Crippen LogP contribution in [0.3, 0.4) is 0 Å². The Kier molecular flexibility index (Phi) is 6.13. The zero-order chi connectivity index (χ0) is 14.5. The van der Waals surface area contributed by atoms with Crippen molar-refractivity contribution in [3.8, 4) is 0 Å². The van der Waals surface area contributed by atoms with Gasteiger partial charge in [0.25, 0.3) is 0 Å². The maximum absolute atomic E-state index is 12.2. The number of esters is 1. The molecule has 1 rings (SSSR count). The number of nitrogens with zero attached hydrogens (tertiary/aromatic N) is 1. The van der Waals surface area contributed by atoms with Gasteiger partial charge in [0.15, 0.2) is 0 Å². The molecule has 1 N–H and O–H groups in total. The van der Waals surface area contributed by atoms with Crippen LogP contribution >= 0.6 is 11.8 Å². The molecule has 0 aromatic heterocycles. The lowest BCUT2D eigenvalue weighted by Crippen LogP contribution is -2.58. The largest absolute Gasteiger partial charge is 0.464 e. The summed E-state index contributed by atoms with van der Waals surface area (Å²) in [6, 6.07) is -0.484. The molecule has 1 unspecified atom stereocenters. The average Bonchev–Trinajstić information content (AvgIpc) is 2.35. The van der Waals surface area contributed by atoms with E-state index in [9.17, 15) is 9.59 Å². The van der Waals surface area contributed by atoms with E-state index in [1.807, 2.05) is 0 Å². The summed E-state index contributed by atoms with van der Waals surface area (Å²) in [6.07, 6.45) is 0. The lowest BCUT2D eigenvalue weighted by Gasteiger charge is -2.35. The third-order valence-electron chi connectivity index (χ3n) is 2.75. The fourth-order valence-electron chi connectivity index (χ4n) is 1.81. The first-order valence-corrected chi connectivity index (χ1v) is 7.64. The SMILES string of the molecule is CCOC(=O)C1CNCCN1C(=O)CSC(C)(C)C. The summed E-state index contributed by atoms with van der Waals surface area (Å²) in [7, 11) is 0. The highest BCUT2D eigenvalue weighted by Crippen LogP contribution is 2.23. The Hall–Kier alpha value is -0.750. The first-order chi connectivity index (χ1) is 8.85. The normalized spacial score (nSPS) is 20.2. The van der Waals surface area contributed by atoms with Crippen LogP contribution in [0.5, 0.6) is 0 Å². The van der Waals surface area contributed by atoms with E-state index < -0.39 is 6.04 Å². The highest BCUT2D eigenvalue weighted by atomic mass is 32.2. The van der Waals surface area contributed by atoms with E-state index >= 15 is 0 Å². The van der Waals surface area contributed by atoms with Crippen molar-refractivity contribution >= 4 is 23.6 Å². The van der Waals surface area contributed by atoms with Crippen LogP contribution in [0.2, 0.25) is 0 Å². The highest BCUT2D eigenvalue weighted by Gasteiger charge is 2.33. The van der Waals surface area contributed by atoms with Gasteiger partial charge < -0.3 is 15.0 Å². The summed E-state index contributed by atoms with van der Waals surface area (Å²) >= 11 is 1.60. The van der Waals surface area contributed by atoms with Crippen LogP contribution in [-0.2, 0) is 14.3 Å². The van der Waals surface area contributed by atoms with Crippen molar-refractivity contribution in [3.63, 3.8) is 0 Å². The van der Waals surface area contributed by atoms with Crippen molar-refractivity contribution in [2.45, 2.75) is 38.5 Å². The van der Waals surface area contributed by atoms with Crippen molar-refractivity contribution in [2.75, 3.05) is 32.0 Å². The molecule has 0 radical (unpaired) electrons. The van der Waals surface area contributed by atoms with E-state index in [1.54, 1.807) is 23.6 Å². The number of piperazine rings is 1. The number of rotatable bonds is 4. The van der Waals surface area contributed by atoms with E-state index in [2.05, 4.69) is 26.1 Å². The zero-order valence-electron chi connectivity index (χ0n) is 12.2. The van der Waals surface area contributed by atoms with Gasteiger partial charge in [0, 0.05) is 24.4 Å². The van der Waals surface area contributed by atoms with E-state index in [-0.39, 0.29) is 16.6 Å². The molecule has 0 spiro atoms. The maximum Gasteiger partial charge on any atom is 0.330 e. The van der Waals surface area contributed by atoms with Gasteiger partial charge in [0.2, 0.25) is 5.91 Å². The number of amides is 1. The van der Waals surface area contributed by atoms with Gasteiger partial charge in [-0.1, -0.05) is 20.8 Å². The van der Waals surface area contributed by atoms with Gasteiger partial charge >= 0.3 is 5.97 Å². The summed E-state index contributed by atoms with van der Waals surface area (Å²) in [5, 5.41) is 3.13. The summed E-state index contributed by atoms with van der Waals surface area (Å²) in [5.41, 5.74) is 0. The minimum Gasteiger partial charge on any atom is -0.464 e. The minimum absolute atomic E-state index is 0.0134. The molecule has 0 bridgehead atoms. The Morgan fingerprint density at radius 1 is 1.42 bits per heavy atom. The number of hydrogen-bond donors (Lipinski definition) is 1. The van der Waals surface area contributed by atoms with Crippen molar-refractivity contribution < 1.29 is 14.3 Å². The predicted octanol–water partition coefficient (Wildman–Crippen LogP) is 0.882. The van der Waals surface area contributed by atoms with Gasteiger partial charge in [-0.2, -0.15) is 0 Å². The minimum atomic E-state index is -0.484. The monoisotopic (exact) mass is 288 g/mol. The third-order valence-corrected chi connectivity index (χ3v) is 4.01. The molecule has 0 aromatic carbocycles. The Morgan fingerprint density at radius 2 is 2.11 bits per heavy atom. The Morgan fingerprint density at radius 3 is 2.68 bits per heavy atom. The molecular formula is C13H24N2O3S. The average molecular weight is 288 g/mol. The Balaban J connectivity index is 2.61. The zero-order valence-corrected chi connectivity index (χ0v) is 13.0. The second kappa shape index (κ2) is 7.14. The van der Waals surface area contributed by atoms with Crippen LogP contribution in [-0.4, -0.2) is 59.6 Å². The van der Waals surface area contributed by atoms with Crippen molar-refractivity contribution in [2.24, 2.45) is 0 Å².